The van der Waals surface area contributed by atoms with Gasteiger partial charge in [0.05, 0.1) is 11.1 Å². The minimum atomic E-state index is -0.681. The third-order valence-electron chi connectivity index (χ3n) is 2.83. The molecule has 0 fully saturated rings. The Labute approximate surface area is 110 Å². The second-order valence-electron chi connectivity index (χ2n) is 4.23. The summed E-state index contributed by atoms with van der Waals surface area (Å²) in [5.41, 5.74) is 0.421. The Balaban J connectivity index is 2.05. The van der Waals surface area contributed by atoms with Crippen LogP contribution in [0.1, 0.15) is 11.4 Å². The van der Waals surface area contributed by atoms with E-state index in [1.807, 2.05) is 17.8 Å². The molecule has 1 atom stereocenters. The molecule has 3 nitrogen and oxygen atoms in total. The fourth-order valence-corrected chi connectivity index (χ4v) is 2.03. The lowest BCUT2D eigenvalue weighted by atomic mass is 10.0. The van der Waals surface area contributed by atoms with E-state index in [-0.39, 0.29) is 11.4 Å². The van der Waals surface area contributed by atoms with Gasteiger partial charge >= 0.3 is 0 Å². The van der Waals surface area contributed by atoms with Gasteiger partial charge in [0.2, 0.25) is 0 Å². The summed E-state index contributed by atoms with van der Waals surface area (Å²) in [4.78, 5) is 4.12. The molecule has 0 bridgehead atoms. The number of hydrogen-bond acceptors (Lipinski definition) is 2. The fourth-order valence-electron chi connectivity index (χ4n) is 1.84. The van der Waals surface area contributed by atoms with Crippen molar-refractivity contribution < 1.29 is 9.50 Å². The third-order valence-corrected chi connectivity index (χ3v) is 3.12. The number of imidazole rings is 1. The smallest absolute Gasteiger partial charge is 0.145 e. The highest BCUT2D eigenvalue weighted by atomic mass is 35.5. The lowest BCUT2D eigenvalue weighted by molar-refractivity contribution is 0.170. The maximum absolute atomic E-state index is 13.7. The molecule has 18 heavy (non-hydrogen) atoms. The fraction of sp³-hybridized carbons (Fsp3) is 0.308. The van der Waals surface area contributed by atoms with E-state index in [0.717, 1.165) is 5.82 Å². The predicted octanol–water partition coefficient (Wildman–Crippen LogP) is 2.36. The first kappa shape index (κ1) is 13.1. The molecular weight excluding hydrogens is 255 g/mol. The van der Waals surface area contributed by atoms with Crippen molar-refractivity contribution in [1.29, 1.82) is 0 Å². The Bertz CT molecular complexity index is 542. The van der Waals surface area contributed by atoms with Crippen LogP contribution < -0.4 is 0 Å². The number of benzene rings is 1. The monoisotopic (exact) mass is 268 g/mol. The first-order chi connectivity index (χ1) is 8.58. The average molecular weight is 269 g/mol. The van der Waals surface area contributed by atoms with Gasteiger partial charge in [-0.2, -0.15) is 0 Å². The molecule has 0 aliphatic heterocycles. The molecule has 2 aromatic rings. The number of hydrogen-bond donors (Lipinski definition) is 1. The maximum Gasteiger partial charge on any atom is 0.145 e. The number of aryl methyl sites for hydroxylation is 1. The van der Waals surface area contributed by atoms with Gasteiger partial charge in [0.25, 0.3) is 0 Å². The number of aromatic nitrogens is 2. The first-order valence-electron chi connectivity index (χ1n) is 5.65. The van der Waals surface area contributed by atoms with Crippen LogP contribution >= 0.6 is 11.6 Å². The van der Waals surface area contributed by atoms with Crippen molar-refractivity contribution in [3.05, 3.63) is 52.8 Å². The molecule has 1 aromatic heterocycles. The van der Waals surface area contributed by atoms with Gasteiger partial charge in [0, 0.05) is 32.3 Å². The van der Waals surface area contributed by atoms with Crippen LogP contribution in [-0.4, -0.2) is 20.8 Å². The van der Waals surface area contributed by atoms with Gasteiger partial charge in [-0.15, -0.1) is 0 Å². The number of rotatable bonds is 4. The van der Waals surface area contributed by atoms with Crippen molar-refractivity contribution in [2.75, 3.05) is 0 Å². The van der Waals surface area contributed by atoms with E-state index >= 15 is 0 Å². The summed E-state index contributed by atoms with van der Waals surface area (Å²) >= 11 is 5.69. The lowest BCUT2D eigenvalue weighted by Crippen LogP contribution is -2.17. The molecule has 0 amide bonds. The molecule has 0 aliphatic carbocycles. The molecule has 1 N–H and O–H groups in total. The van der Waals surface area contributed by atoms with E-state index in [4.69, 9.17) is 11.6 Å². The summed E-state index contributed by atoms with van der Waals surface area (Å²) in [5, 5.41) is 10.0. The molecule has 0 saturated heterocycles. The van der Waals surface area contributed by atoms with E-state index in [1.54, 1.807) is 18.3 Å². The molecule has 2 rings (SSSR count). The van der Waals surface area contributed by atoms with Crippen LogP contribution in [0.2, 0.25) is 5.02 Å². The summed E-state index contributed by atoms with van der Waals surface area (Å²) in [5.74, 6) is 0.308. The second-order valence-corrected chi connectivity index (χ2v) is 4.64. The zero-order valence-electron chi connectivity index (χ0n) is 9.98. The first-order valence-corrected chi connectivity index (χ1v) is 6.03. The normalized spacial score (nSPS) is 12.7. The molecule has 1 heterocycles. The van der Waals surface area contributed by atoms with Gasteiger partial charge in [-0.25, -0.2) is 9.37 Å². The highest BCUT2D eigenvalue weighted by Gasteiger charge is 2.13. The number of aliphatic hydroxyl groups is 1. The summed E-state index contributed by atoms with van der Waals surface area (Å²) in [6.07, 6.45) is 3.40. The number of nitrogens with zero attached hydrogens (tertiary/aromatic N) is 2. The molecule has 96 valence electrons. The standard InChI is InChI=1S/C13H14ClFN2O/c1-17-6-5-16-12(17)8-10(18)7-9-3-2-4-11(14)13(9)15/h2-6,10,18H,7-8H2,1H3. The molecule has 0 saturated carbocycles. The summed E-state index contributed by atoms with van der Waals surface area (Å²) in [7, 11) is 1.86. The van der Waals surface area contributed by atoms with Crippen LogP contribution in [-0.2, 0) is 19.9 Å². The van der Waals surface area contributed by atoms with Gasteiger partial charge in [0.1, 0.15) is 11.6 Å². The van der Waals surface area contributed by atoms with Crippen LogP contribution in [0.15, 0.2) is 30.6 Å². The van der Waals surface area contributed by atoms with Crippen molar-refractivity contribution in [2.24, 2.45) is 7.05 Å². The Hall–Kier alpha value is -1.39. The Morgan fingerprint density at radius 2 is 2.22 bits per heavy atom. The van der Waals surface area contributed by atoms with Crippen LogP contribution in [0, 0.1) is 5.82 Å². The Kier molecular flexibility index (Phi) is 3.99. The quantitative estimate of drug-likeness (QED) is 0.924. The van der Waals surface area contributed by atoms with Crippen molar-refractivity contribution in [1.82, 2.24) is 9.55 Å². The molecule has 0 spiro atoms. The van der Waals surface area contributed by atoms with Gasteiger partial charge in [-0.3, -0.25) is 0 Å². The molecule has 1 unspecified atom stereocenters. The number of halogens is 2. The Morgan fingerprint density at radius 1 is 1.44 bits per heavy atom. The van der Waals surface area contributed by atoms with Crippen LogP contribution in [0.25, 0.3) is 0 Å². The minimum absolute atomic E-state index is 0.0803. The van der Waals surface area contributed by atoms with E-state index < -0.39 is 11.9 Å². The maximum atomic E-state index is 13.7. The van der Waals surface area contributed by atoms with Crippen LogP contribution in [0.3, 0.4) is 0 Å². The minimum Gasteiger partial charge on any atom is -0.392 e. The van der Waals surface area contributed by atoms with E-state index in [9.17, 15) is 9.50 Å². The SMILES string of the molecule is Cn1ccnc1CC(O)Cc1cccc(Cl)c1F. The van der Waals surface area contributed by atoms with Crippen molar-refractivity contribution in [3.8, 4) is 0 Å². The van der Waals surface area contributed by atoms with E-state index in [2.05, 4.69) is 4.98 Å². The van der Waals surface area contributed by atoms with Crippen molar-refractivity contribution >= 4 is 11.6 Å². The van der Waals surface area contributed by atoms with Gasteiger partial charge in [-0.1, -0.05) is 23.7 Å². The number of aliphatic hydroxyl groups excluding tert-OH is 1. The van der Waals surface area contributed by atoms with Crippen molar-refractivity contribution in [3.63, 3.8) is 0 Å². The molecule has 1 aromatic carbocycles. The highest BCUT2D eigenvalue weighted by Crippen LogP contribution is 2.19. The lowest BCUT2D eigenvalue weighted by Gasteiger charge is -2.11. The highest BCUT2D eigenvalue weighted by molar-refractivity contribution is 6.30. The van der Waals surface area contributed by atoms with Crippen molar-refractivity contribution in [2.45, 2.75) is 18.9 Å². The van der Waals surface area contributed by atoms with Gasteiger partial charge < -0.3 is 9.67 Å². The largest absolute Gasteiger partial charge is 0.392 e. The zero-order valence-corrected chi connectivity index (χ0v) is 10.7. The summed E-state index contributed by atoms with van der Waals surface area (Å²) in [6.45, 7) is 0. The summed E-state index contributed by atoms with van der Waals surface area (Å²) in [6, 6.07) is 4.79. The van der Waals surface area contributed by atoms with Crippen LogP contribution in [0.4, 0.5) is 4.39 Å². The average Bonchev–Trinajstić information content (AvgIpc) is 2.71. The Morgan fingerprint density at radius 3 is 2.89 bits per heavy atom. The second kappa shape index (κ2) is 5.50. The molecule has 0 radical (unpaired) electrons. The molecular formula is C13H14ClFN2O. The van der Waals surface area contributed by atoms with Gasteiger partial charge in [-0.05, 0) is 11.6 Å². The predicted molar refractivity (Wildman–Crippen MR) is 68.0 cm³/mol. The van der Waals surface area contributed by atoms with E-state index in [0.29, 0.717) is 12.0 Å². The van der Waals surface area contributed by atoms with E-state index in [1.165, 1.54) is 6.07 Å². The van der Waals surface area contributed by atoms with Crippen LogP contribution in [0.5, 0.6) is 0 Å². The molecule has 5 heteroatoms. The zero-order chi connectivity index (χ0) is 13.1. The third kappa shape index (κ3) is 2.89. The van der Waals surface area contributed by atoms with Gasteiger partial charge in [0.15, 0.2) is 0 Å². The topological polar surface area (TPSA) is 38.0 Å². The molecule has 0 aliphatic rings. The summed E-state index contributed by atoms with van der Waals surface area (Å²) < 4.78 is 15.5.